The number of nitrogens with one attached hydrogen (secondary N) is 2. The van der Waals surface area contributed by atoms with Gasteiger partial charge in [-0.2, -0.15) is 5.10 Å². The second kappa shape index (κ2) is 9.02. The number of benzene rings is 1. The average molecular weight is 368 g/mol. The van der Waals surface area contributed by atoms with Gasteiger partial charge in [-0.25, -0.2) is 4.99 Å². The Morgan fingerprint density at radius 3 is 2.48 bits per heavy atom. The summed E-state index contributed by atoms with van der Waals surface area (Å²) in [5.41, 5.74) is 1.64. The molecular formula is C20H28N6O. The zero-order valence-electron chi connectivity index (χ0n) is 16.6. The van der Waals surface area contributed by atoms with Crippen molar-refractivity contribution in [1.29, 1.82) is 0 Å². The highest BCUT2D eigenvalue weighted by Gasteiger charge is 2.42. The van der Waals surface area contributed by atoms with Crippen LogP contribution in [0.15, 0.2) is 59.0 Å². The second-order valence-electron chi connectivity index (χ2n) is 5.72. The van der Waals surface area contributed by atoms with Gasteiger partial charge in [-0.3, -0.25) is 10.1 Å². The van der Waals surface area contributed by atoms with Crippen LogP contribution in [0.4, 0.5) is 5.69 Å². The number of rotatable bonds is 2. The number of phenolic OH excluding ortho intramolecular Hbond substituents is 1. The van der Waals surface area contributed by atoms with E-state index in [4.69, 9.17) is 0 Å². The predicted octanol–water partition coefficient (Wildman–Crippen LogP) is 4.09. The highest BCUT2D eigenvalue weighted by atomic mass is 16.3. The van der Waals surface area contributed by atoms with Crippen LogP contribution in [-0.2, 0) is 5.54 Å². The van der Waals surface area contributed by atoms with E-state index in [-0.39, 0.29) is 11.3 Å². The lowest BCUT2D eigenvalue weighted by atomic mass is 9.94. The van der Waals surface area contributed by atoms with E-state index in [2.05, 4.69) is 37.3 Å². The molecule has 2 aromatic rings. The lowest BCUT2D eigenvalue weighted by Gasteiger charge is -2.35. The smallest absolute Gasteiger partial charge is 0.173 e. The van der Waals surface area contributed by atoms with Gasteiger partial charge in [0, 0.05) is 29.8 Å². The standard InChI is InChI=1S/C16H16N6O.2C2H6/c1-16(11-8-19-20-9-11)10-18-15-14(17-6-7-22(15)16)21-12-2-4-13(23)5-3-12;2*1-2/h2-9,23H,10H2,1H3,(H,17,21)(H,19,20);2*1-2H3. The van der Waals surface area contributed by atoms with Crippen LogP contribution in [0.5, 0.6) is 5.75 Å². The molecule has 0 saturated heterocycles. The Labute approximate surface area is 160 Å². The molecule has 3 N–H and O–H groups in total. The Kier molecular flexibility index (Phi) is 6.76. The molecule has 2 aliphatic heterocycles. The summed E-state index contributed by atoms with van der Waals surface area (Å²) in [5.74, 6) is 1.71. The van der Waals surface area contributed by atoms with Crippen molar-refractivity contribution in [2.75, 3.05) is 11.9 Å². The molecular weight excluding hydrogens is 340 g/mol. The van der Waals surface area contributed by atoms with Crippen LogP contribution < -0.4 is 5.32 Å². The van der Waals surface area contributed by atoms with E-state index in [1.54, 1.807) is 30.5 Å². The van der Waals surface area contributed by atoms with Crippen molar-refractivity contribution < 1.29 is 5.11 Å². The van der Waals surface area contributed by atoms with Crippen molar-refractivity contribution >= 4 is 17.4 Å². The summed E-state index contributed by atoms with van der Waals surface area (Å²) < 4.78 is 0. The van der Waals surface area contributed by atoms with Crippen LogP contribution in [-0.4, -0.2) is 38.4 Å². The zero-order chi connectivity index (χ0) is 19.9. The number of hydrogen-bond acceptors (Lipinski definition) is 6. The van der Waals surface area contributed by atoms with Crippen LogP contribution in [0, 0.1) is 0 Å². The Morgan fingerprint density at radius 1 is 1.15 bits per heavy atom. The largest absolute Gasteiger partial charge is 0.508 e. The number of aromatic amines is 1. The van der Waals surface area contributed by atoms with Gasteiger partial charge in [0.1, 0.15) is 5.75 Å². The van der Waals surface area contributed by atoms with Crippen LogP contribution in [0.1, 0.15) is 40.2 Å². The maximum atomic E-state index is 9.38. The number of amidine groups is 2. The van der Waals surface area contributed by atoms with Crippen LogP contribution >= 0.6 is 0 Å². The quantitative estimate of drug-likeness (QED) is 0.697. The van der Waals surface area contributed by atoms with Crippen molar-refractivity contribution in [2.45, 2.75) is 40.2 Å². The Morgan fingerprint density at radius 2 is 1.85 bits per heavy atom. The molecule has 0 saturated carbocycles. The molecule has 3 heterocycles. The average Bonchev–Trinajstić information content (AvgIpc) is 3.37. The molecule has 2 aliphatic rings. The lowest BCUT2D eigenvalue weighted by molar-refractivity contribution is 0.298. The fourth-order valence-electron chi connectivity index (χ4n) is 2.82. The highest BCUT2D eigenvalue weighted by molar-refractivity contribution is 6.45. The summed E-state index contributed by atoms with van der Waals surface area (Å²) in [5, 5.41) is 19.5. The molecule has 1 aromatic carbocycles. The fourth-order valence-corrected chi connectivity index (χ4v) is 2.82. The number of fused-ring (bicyclic) bond motifs is 1. The third-order valence-corrected chi connectivity index (χ3v) is 4.18. The first-order valence-corrected chi connectivity index (χ1v) is 9.31. The first kappa shape index (κ1) is 20.2. The predicted molar refractivity (Wildman–Crippen MR) is 111 cm³/mol. The van der Waals surface area contributed by atoms with Gasteiger partial charge < -0.3 is 15.3 Å². The summed E-state index contributed by atoms with van der Waals surface area (Å²) in [7, 11) is 0. The van der Waals surface area contributed by atoms with Gasteiger partial charge in [0.25, 0.3) is 0 Å². The van der Waals surface area contributed by atoms with E-state index in [0.29, 0.717) is 12.4 Å². The SMILES string of the molecule is CC.CC.CC1(c2cn[nH]c2)CN=C2C(Nc3ccc(O)cc3)=NC=CN21. The maximum absolute atomic E-state index is 9.38. The summed E-state index contributed by atoms with van der Waals surface area (Å²) in [6.07, 6.45) is 7.41. The molecule has 0 amide bonds. The summed E-state index contributed by atoms with van der Waals surface area (Å²) >= 11 is 0. The number of phenols is 1. The lowest BCUT2D eigenvalue weighted by Crippen LogP contribution is -2.46. The first-order valence-electron chi connectivity index (χ1n) is 9.31. The number of aromatic hydroxyl groups is 1. The second-order valence-corrected chi connectivity index (χ2v) is 5.72. The Hall–Kier alpha value is -3.09. The molecule has 27 heavy (non-hydrogen) atoms. The minimum atomic E-state index is -0.281. The molecule has 4 rings (SSSR count). The topological polar surface area (TPSA) is 88.9 Å². The minimum Gasteiger partial charge on any atom is -0.508 e. The molecule has 0 spiro atoms. The Bertz CT molecular complexity index is 808. The van der Waals surface area contributed by atoms with Crippen molar-refractivity contribution in [3.05, 3.63) is 54.6 Å². The summed E-state index contributed by atoms with van der Waals surface area (Å²) in [6.45, 7) is 10.8. The monoisotopic (exact) mass is 368 g/mol. The number of aromatic nitrogens is 2. The van der Waals surface area contributed by atoms with E-state index in [9.17, 15) is 5.11 Å². The zero-order valence-corrected chi connectivity index (χ0v) is 16.6. The number of hydrogen-bond donors (Lipinski definition) is 3. The molecule has 144 valence electrons. The first-order chi connectivity index (χ1) is 13.2. The minimum absolute atomic E-state index is 0.230. The number of anilines is 1. The summed E-state index contributed by atoms with van der Waals surface area (Å²) in [4.78, 5) is 11.2. The van der Waals surface area contributed by atoms with Crippen molar-refractivity contribution in [3.8, 4) is 5.75 Å². The van der Waals surface area contributed by atoms with E-state index in [1.807, 2.05) is 46.3 Å². The molecule has 1 unspecified atom stereocenters. The van der Waals surface area contributed by atoms with Gasteiger partial charge >= 0.3 is 0 Å². The maximum Gasteiger partial charge on any atom is 0.173 e. The fraction of sp³-hybridized carbons (Fsp3) is 0.350. The third kappa shape index (κ3) is 4.02. The van der Waals surface area contributed by atoms with Crippen LogP contribution in [0.3, 0.4) is 0 Å². The molecule has 1 atom stereocenters. The number of aliphatic imine (C=N–C) groups is 2. The molecule has 0 radical (unpaired) electrons. The molecule has 1 aromatic heterocycles. The van der Waals surface area contributed by atoms with E-state index in [0.717, 1.165) is 17.1 Å². The van der Waals surface area contributed by atoms with Crippen LogP contribution in [0.25, 0.3) is 0 Å². The van der Waals surface area contributed by atoms with Gasteiger partial charge in [0.05, 0.1) is 18.3 Å². The van der Waals surface area contributed by atoms with Gasteiger partial charge in [0.2, 0.25) is 0 Å². The van der Waals surface area contributed by atoms with Crippen molar-refractivity contribution in [2.24, 2.45) is 9.98 Å². The molecule has 7 nitrogen and oxygen atoms in total. The van der Waals surface area contributed by atoms with Crippen molar-refractivity contribution in [3.63, 3.8) is 0 Å². The van der Waals surface area contributed by atoms with Gasteiger partial charge in [-0.15, -0.1) is 0 Å². The van der Waals surface area contributed by atoms with E-state index >= 15 is 0 Å². The molecule has 7 heteroatoms. The molecule has 0 bridgehead atoms. The van der Waals surface area contributed by atoms with Crippen LogP contribution in [0.2, 0.25) is 0 Å². The highest BCUT2D eigenvalue weighted by Crippen LogP contribution is 2.34. The Balaban J connectivity index is 0.000000614. The number of nitrogens with zero attached hydrogens (tertiary/aromatic N) is 4. The normalized spacial score (nSPS) is 19.7. The van der Waals surface area contributed by atoms with E-state index < -0.39 is 0 Å². The number of H-pyrrole nitrogens is 1. The summed E-state index contributed by atoms with van der Waals surface area (Å²) in [6, 6.07) is 6.85. The molecule has 0 aliphatic carbocycles. The van der Waals surface area contributed by atoms with E-state index in [1.165, 1.54) is 0 Å². The van der Waals surface area contributed by atoms with Gasteiger partial charge in [0.15, 0.2) is 11.7 Å². The molecule has 0 fully saturated rings. The third-order valence-electron chi connectivity index (χ3n) is 4.18. The van der Waals surface area contributed by atoms with Gasteiger partial charge in [-0.05, 0) is 31.2 Å². The van der Waals surface area contributed by atoms with Gasteiger partial charge in [-0.1, -0.05) is 27.7 Å². The van der Waals surface area contributed by atoms with Crippen molar-refractivity contribution in [1.82, 2.24) is 15.1 Å².